The van der Waals surface area contributed by atoms with Gasteiger partial charge in [-0.15, -0.1) is 0 Å². The number of oxime groups is 1. The molecule has 0 radical (unpaired) electrons. The molecule has 202 valence electrons. The van der Waals surface area contributed by atoms with Crippen molar-refractivity contribution in [3.8, 4) is 0 Å². The number of hydrogen-bond donors (Lipinski definition) is 0. The van der Waals surface area contributed by atoms with Gasteiger partial charge in [-0.2, -0.15) is 0 Å². The summed E-state index contributed by atoms with van der Waals surface area (Å²) in [6, 6.07) is 7.28. The summed E-state index contributed by atoms with van der Waals surface area (Å²) in [5.74, 6) is 0.719. The predicted molar refractivity (Wildman–Crippen MR) is 160 cm³/mol. The maximum absolute atomic E-state index is 6.42. The van der Waals surface area contributed by atoms with Crippen LogP contribution in [0.3, 0.4) is 0 Å². The first kappa shape index (κ1) is 30.3. The molecule has 3 nitrogen and oxygen atoms in total. The minimum atomic E-state index is -2.25. The van der Waals surface area contributed by atoms with Crippen molar-refractivity contribution in [2.75, 3.05) is 13.7 Å². The van der Waals surface area contributed by atoms with Gasteiger partial charge in [-0.3, -0.25) is 0 Å². The quantitative estimate of drug-likeness (QED) is 0.108. The average Bonchev–Trinajstić information content (AvgIpc) is 3.17. The van der Waals surface area contributed by atoms with E-state index in [1.54, 1.807) is 7.11 Å². The van der Waals surface area contributed by atoms with E-state index in [-0.39, 0.29) is 0 Å². The van der Waals surface area contributed by atoms with E-state index >= 15 is 0 Å². The fourth-order valence-corrected chi connectivity index (χ4v) is 21.4. The molecular formula is C30H48Cl2N2OSn. The standard InChI is InChI=1S/C18H21Cl2N2O.3C4H9.Sn/c1-3-8-22-13-5-7-18(22)15(11-21-23-2)14(10-13)12-4-6-16(19)17(20)9-12;3*1-3-4-2;/h1,3-4,6,9,11,13-15,18H,5,7-8,10H2,2H3;3*1,3-4H2,2H3;/b3-1?,21-11+;;;;/t13-,14+,15+,18+;;;;/m0..../s1. The predicted octanol–water partition coefficient (Wildman–Crippen LogP) is 9.51. The number of piperidine rings is 1. The molecule has 0 amide bonds. The monoisotopic (exact) mass is 642 g/mol. The maximum atomic E-state index is 6.42. The second-order valence-electron chi connectivity index (χ2n) is 11.1. The molecule has 0 unspecified atom stereocenters. The van der Waals surface area contributed by atoms with Crippen molar-refractivity contribution in [3.63, 3.8) is 0 Å². The Hall–Kier alpha value is -0.231. The summed E-state index contributed by atoms with van der Waals surface area (Å²) in [6.07, 6.45) is 16.6. The van der Waals surface area contributed by atoms with E-state index < -0.39 is 18.4 Å². The Kier molecular flexibility index (Phi) is 13.0. The molecule has 0 N–H and O–H groups in total. The molecule has 3 rings (SSSR count). The molecule has 2 aliphatic rings. The van der Waals surface area contributed by atoms with E-state index in [4.69, 9.17) is 28.0 Å². The Bertz CT molecular complexity index is 840. The molecule has 2 bridgehead atoms. The van der Waals surface area contributed by atoms with Crippen LogP contribution in [0.4, 0.5) is 0 Å². The molecule has 6 heteroatoms. The fraction of sp³-hybridized carbons (Fsp3) is 0.700. The third kappa shape index (κ3) is 7.90. The Morgan fingerprint density at radius 1 is 1.00 bits per heavy atom. The van der Waals surface area contributed by atoms with Crippen LogP contribution in [-0.4, -0.2) is 55.2 Å². The van der Waals surface area contributed by atoms with Gasteiger partial charge in [0.2, 0.25) is 0 Å². The SMILES string of the molecule is CCC[CH2][Sn](/[CH]=C/CN1[C@H]2CC[C@@H]1[C@H](/C=N/OC)[C@@H](c1ccc(Cl)c(Cl)c1)C2)([CH2]CCC)[CH2]CCC. The summed E-state index contributed by atoms with van der Waals surface area (Å²) in [4.78, 5) is 7.93. The number of rotatable bonds is 15. The van der Waals surface area contributed by atoms with Gasteiger partial charge in [-0.25, -0.2) is 0 Å². The number of fused-ring (bicyclic) bond motifs is 2. The number of halogens is 2. The third-order valence-electron chi connectivity index (χ3n) is 8.71. The Morgan fingerprint density at radius 3 is 2.25 bits per heavy atom. The van der Waals surface area contributed by atoms with Crippen molar-refractivity contribution in [3.05, 3.63) is 44.0 Å². The zero-order valence-electron chi connectivity index (χ0n) is 23.0. The van der Waals surface area contributed by atoms with E-state index in [1.807, 2.05) is 6.07 Å². The van der Waals surface area contributed by atoms with E-state index in [0.717, 1.165) is 13.0 Å². The first-order chi connectivity index (χ1) is 17.5. The van der Waals surface area contributed by atoms with Crippen LogP contribution < -0.4 is 0 Å². The third-order valence-corrected chi connectivity index (χ3v) is 23.7. The van der Waals surface area contributed by atoms with Gasteiger partial charge in [0.25, 0.3) is 0 Å². The summed E-state index contributed by atoms with van der Waals surface area (Å²) in [7, 11) is 1.64. The van der Waals surface area contributed by atoms with Crippen molar-refractivity contribution in [1.29, 1.82) is 0 Å². The van der Waals surface area contributed by atoms with Crippen LogP contribution in [-0.2, 0) is 4.84 Å². The number of unbranched alkanes of at least 4 members (excludes halogenated alkanes) is 3. The molecule has 2 heterocycles. The topological polar surface area (TPSA) is 24.8 Å². The van der Waals surface area contributed by atoms with E-state index in [0.29, 0.717) is 34.0 Å². The van der Waals surface area contributed by atoms with Crippen molar-refractivity contribution in [2.45, 2.75) is 110 Å². The molecule has 0 aliphatic carbocycles. The summed E-state index contributed by atoms with van der Waals surface area (Å²) >= 11 is 10.4. The Labute approximate surface area is 234 Å². The summed E-state index contributed by atoms with van der Waals surface area (Å²) in [5, 5.41) is 5.53. The first-order valence-electron chi connectivity index (χ1n) is 14.4. The molecule has 4 atom stereocenters. The van der Waals surface area contributed by atoms with Gasteiger partial charge in [0.05, 0.1) is 0 Å². The van der Waals surface area contributed by atoms with E-state index in [1.165, 1.54) is 70.2 Å². The normalized spacial score (nSPS) is 24.8. The van der Waals surface area contributed by atoms with Gasteiger partial charge in [0, 0.05) is 0 Å². The molecule has 2 saturated heterocycles. The number of benzene rings is 1. The number of hydrogen-bond acceptors (Lipinski definition) is 3. The summed E-state index contributed by atoms with van der Waals surface area (Å²) < 4.78 is 7.46. The summed E-state index contributed by atoms with van der Waals surface area (Å²) in [6.45, 7) is 8.16. The van der Waals surface area contributed by atoms with Crippen LogP contribution in [0.25, 0.3) is 0 Å². The molecule has 36 heavy (non-hydrogen) atoms. The van der Waals surface area contributed by atoms with Gasteiger partial charge in [-0.05, 0) is 0 Å². The molecule has 0 spiro atoms. The Balaban J connectivity index is 1.80. The van der Waals surface area contributed by atoms with Crippen molar-refractivity contribution in [2.24, 2.45) is 11.1 Å². The molecule has 1 aromatic rings. The zero-order chi connectivity index (χ0) is 26.0. The van der Waals surface area contributed by atoms with Crippen molar-refractivity contribution in [1.82, 2.24) is 4.90 Å². The van der Waals surface area contributed by atoms with Crippen molar-refractivity contribution < 1.29 is 4.84 Å². The van der Waals surface area contributed by atoms with Crippen LogP contribution in [0.5, 0.6) is 0 Å². The van der Waals surface area contributed by atoms with Gasteiger partial charge >= 0.3 is 236 Å². The van der Waals surface area contributed by atoms with Gasteiger partial charge < -0.3 is 0 Å². The van der Waals surface area contributed by atoms with Crippen LogP contribution in [0.2, 0.25) is 23.4 Å². The summed E-state index contributed by atoms with van der Waals surface area (Å²) in [5.41, 5.74) is 1.28. The number of nitrogens with zero attached hydrogens (tertiary/aromatic N) is 2. The van der Waals surface area contributed by atoms with Crippen LogP contribution in [0.1, 0.15) is 90.0 Å². The molecule has 2 aliphatic heterocycles. The average molecular weight is 642 g/mol. The molecule has 0 saturated carbocycles. The van der Waals surface area contributed by atoms with Crippen LogP contribution in [0, 0.1) is 5.92 Å². The second-order valence-corrected chi connectivity index (χ2v) is 24.9. The van der Waals surface area contributed by atoms with E-state index in [2.05, 4.69) is 59.3 Å². The molecule has 1 aromatic carbocycles. The van der Waals surface area contributed by atoms with Gasteiger partial charge in [0.1, 0.15) is 0 Å². The second kappa shape index (κ2) is 15.4. The molecular weight excluding hydrogens is 594 g/mol. The zero-order valence-corrected chi connectivity index (χ0v) is 27.4. The van der Waals surface area contributed by atoms with Crippen LogP contribution >= 0.6 is 23.2 Å². The fourth-order valence-electron chi connectivity index (χ4n) is 6.71. The van der Waals surface area contributed by atoms with Gasteiger partial charge in [-0.1, -0.05) is 0 Å². The van der Waals surface area contributed by atoms with E-state index in [9.17, 15) is 0 Å². The molecule has 0 aromatic heterocycles. The molecule has 2 fully saturated rings. The van der Waals surface area contributed by atoms with Gasteiger partial charge in [0.15, 0.2) is 0 Å². The minimum absolute atomic E-state index is 0.322. The Morgan fingerprint density at radius 2 is 1.67 bits per heavy atom. The van der Waals surface area contributed by atoms with Crippen LogP contribution in [0.15, 0.2) is 33.5 Å². The van der Waals surface area contributed by atoms with Crippen molar-refractivity contribution >= 4 is 47.8 Å². The first-order valence-corrected chi connectivity index (χ1v) is 22.9.